The number of nitrogens with two attached hydrogens (primary N) is 1. The molecule has 3 aromatic heterocycles. The third-order valence-electron chi connectivity index (χ3n) is 2.88. The molecule has 0 unspecified atom stereocenters. The van der Waals surface area contributed by atoms with Gasteiger partial charge in [-0.1, -0.05) is 11.2 Å². The van der Waals surface area contributed by atoms with Crippen LogP contribution in [0.25, 0.3) is 0 Å². The molecule has 7 heteroatoms. The Hall–Kier alpha value is -2.54. The van der Waals surface area contributed by atoms with E-state index in [4.69, 9.17) is 10.3 Å². The highest BCUT2D eigenvalue weighted by atomic mass is 16.5. The molecule has 0 saturated heterocycles. The minimum atomic E-state index is -0.342. The highest BCUT2D eigenvalue weighted by Gasteiger charge is 2.16. The second-order valence-electron chi connectivity index (χ2n) is 4.47. The Morgan fingerprint density at radius 2 is 2.25 bits per heavy atom. The van der Waals surface area contributed by atoms with E-state index in [2.05, 4.69) is 25.1 Å². The van der Waals surface area contributed by atoms with Crippen LogP contribution in [-0.2, 0) is 12.8 Å². The topological polar surface area (TPSA) is 107 Å². The number of hydrogen-bond acceptors (Lipinski definition) is 6. The van der Waals surface area contributed by atoms with Gasteiger partial charge in [0.2, 0.25) is 5.89 Å². The van der Waals surface area contributed by atoms with Gasteiger partial charge in [0.1, 0.15) is 0 Å². The largest absolute Gasteiger partial charge is 0.348 e. The van der Waals surface area contributed by atoms with Gasteiger partial charge in [-0.3, -0.25) is 4.98 Å². The summed E-state index contributed by atoms with van der Waals surface area (Å²) in [6.45, 7) is 0. The number of aromatic nitrogens is 5. The average Bonchev–Trinajstić information content (AvgIpc) is 3.11. The summed E-state index contributed by atoms with van der Waals surface area (Å²) < 4.78 is 5.21. The lowest BCUT2D eigenvalue weighted by atomic mass is 10.2. The monoisotopic (exact) mass is 270 g/mol. The number of hydrogen-bond donors (Lipinski definition) is 2. The molecule has 0 aromatic carbocycles. The van der Waals surface area contributed by atoms with Crippen molar-refractivity contribution in [3.8, 4) is 0 Å². The molecule has 0 fully saturated rings. The maximum absolute atomic E-state index is 6.04. The average molecular weight is 270 g/mol. The molecule has 102 valence electrons. The Morgan fingerprint density at radius 1 is 1.30 bits per heavy atom. The van der Waals surface area contributed by atoms with E-state index in [1.165, 1.54) is 0 Å². The Bertz CT molecular complexity index is 649. The van der Waals surface area contributed by atoms with E-state index in [1.54, 1.807) is 24.9 Å². The second-order valence-corrected chi connectivity index (χ2v) is 4.47. The van der Waals surface area contributed by atoms with Gasteiger partial charge in [0.15, 0.2) is 5.82 Å². The van der Waals surface area contributed by atoms with E-state index in [1.807, 2.05) is 12.1 Å². The smallest absolute Gasteiger partial charge is 0.243 e. The van der Waals surface area contributed by atoms with Gasteiger partial charge in [0.25, 0.3) is 0 Å². The molecule has 1 atom stereocenters. The Balaban J connectivity index is 1.67. The minimum Gasteiger partial charge on any atom is -0.348 e. The Labute approximate surface area is 115 Å². The summed E-state index contributed by atoms with van der Waals surface area (Å²) in [5, 5.41) is 3.94. The van der Waals surface area contributed by atoms with E-state index < -0.39 is 0 Å². The molecule has 0 radical (unpaired) electrons. The molecule has 3 N–H and O–H groups in total. The SMILES string of the molecule is N[C@H](Cc1cnc[nH]1)c1nc(Cc2cccnc2)no1. The van der Waals surface area contributed by atoms with Crippen molar-refractivity contribution in [2.75, 3.05) is 0 Å². The van der Waals surface area contributed by atoms with Crippen LogP contribution in [0.2, 0.25) is 0 Å². The van der Waals surface area contributed by atoms with Crippen LogP contribution in [0, 0.1) is 0 Å². The van der Waals surface area contributed by atoms with Crippen LogP contribution < -0.4 is 5.73 Å². The molecule has 0 amide bonds. The predicted molar refractivity (Wildman–Crippen MR) is 70.6 cm³/mol. The summed E-state index contributed by atoms with van der Waals surface area (Å²) in [6, 6.07) is 3.50. The fourth-order valence-electron chi connectivity index (χ4n) is 1.90. The summed E-state index contributed by atoms with van der Waals surface area (Å²) in [6.07, 6.45) is 8.01. The van der Waals surface area contributed by atoms with Crippen LogP contribution in [0.1, 0.15) is 29.0 Å². The first-order valence-electron chi connectivity index (χ1n) is 6.25. The van der Waals surface area contributed by atoms with Crippen LogP contribution in [-0.4, -0.2) is 25.1 Å². The molecule has 0 aliphatic heterocycles. The molecule has 7 nitrogen and oxygen atoms in total. The van der Waals surface area contributed by atoms with Gasteiger partial charge < -0.3 is 15.2 Å². The zero-order chi connectivity index (χ0) is 13.8. The van der Waals surface area contributed by atoms with Gasteiger partial charge in [-0.15, -0.1) is 0 Å². The normalized spacial score (nSPS) is 12.4. The molecule has 0 bridgehead atoms. The summed E-state index contributed by atoms with van der Waals surface area (Å²) in [5.74, 6) is 1.03. The minimum absolute atomic E-state index is 0.342. The standard InChI is InChI=1S/C13H14N6O/c14-11(5-10-7-16-8-17-10)13-18-12(19-20-13)4-9-2-1-3-15-6-9/h1-3,6-8,11H,4-5,14H2,(H,16,17)/t11-/m1/s1. The number of pyridine rings is 1. The van der Waals surface area contributed by atoms with E-state index >= 15 is 0 Å². The van der Waals surface area contributed by atoms with E-state index in [-0.39, 0.29) is 6.04 Å². The van der Waals surface area contributed by atoms with Gasteiger partial charge in [0.05, 0.1) is 12.4 Å². The van der Waals surface area contributed by atoms with Crippen LogP contribution in [0.5, 0.6) is 0 Å². The van der Waals surface area contributed by atoms with Crippen molar-refractivity contribution in [2.24, 2.45) is 5.73 Å². The number of imidazole rings is 1. The van der Waals surface area contributed by atoms with Gasteiger partial charge in [0, 0.05) is 37.1 Å². The van der Waals surface area contributed by atoms with Crippen LogP contribution in [0.15, 0.2) is 41.6 Å². The number of rotatable bonds is 5. The molecule has 3 heterocycles. The summed E-state index contributed by atoms with van der Waals surface area (Å²) in [5.41, 5.74) is 8.00. The van der Waals surface area contributed by atoms with Crippen LogP contribution >= 0.6 is 0 Å². The first kappa shape index (κ1) is 12.5. The third-order valence-corrected chi connectivity index (χ3v) is 2.88. The van der Waals surface area contributed by atoms with Gasteiger partial charge in [-0.2, -0.15) is 4.98 Å². The fourth-order valence-corrected chi connectivity index (χ4v) is 1.90. The second kappa shape index (κ2) is 5.62. The number of nitrogens with zero attached hydrogens (tertiary/aromatic N) is 4. The van der Waals surface area contributed by atoms with E-state index in [0.717, 1.165) is 11.3 Å². The van der Waals surface area contributed by atoms with Crippen LogP contribution in [0.4, 0.5) is 0 Å². The maximum atomic E-state index is 6.04. The number of nitrogens with one attached hydrogen (secondary N) is 1. The predicted octanol–water partition coefficient (Wildman–Crippen LogP) is 1.02. The van der Waals surface area contributed by atoms with Crippen LogP contribution in [0.3, 0.4) is 0 Å². The van der Waals surface area contributed by atoms with Crippen molar-refractivity contribution < 1.29 is 4.52 Å². The van der Waals surface area contributed by atoms with Crippen molar-refractivity contribution in [1.29, 1.82) is 0 Å². The van der Waals surface area contributed by atoms with Crippen molar-refractivity contribution in [3.63, 3.8) is 0 Å². The zero-order valence-electron chi connectivity index (χ0n) is 10.7. The van der Waals surface area contributed by atoms with Crippen molar-refractivity contribution in [1.82, 2.24) is 25.1 Å². The summed E-state index contributed by atoms with van der Waals surface area (Å²) in [7, 11) is 0. The van der Waals surface area contributed by atoms with E-state index in [9.17, 15) is 0 Å². The van der Waals surface area contributed by atoms with Gasteiger partial charge >= 0.3 is 0 Å². The number of aromatic amines is 1. The lowest BCUT2D eigenvalue weighted by Gasteiger charge is -2.03. The lowest BCUT2D eigenvalue weighted by Crippen LogP contribution is -2.14. The Kier molecular flexibility index (Phi) is 3.51. The summed E-state index contributed by atoms with van der Waals surface area (Å²) in [4.78, 5) is 15.3. The first-order chi connectivity index (χ1) is 9.81. The quantitative estimate of drug-likeness (QED) is 0.717. The van der Waals surface area contributed by atoms with Crippen molar-refractivity contribution in [2.45, 2.75) is 18.9 Å². The molecule has 0 spiro atoms. The lowest BCUT2D eigenvalue weighted by molar-refractivity contribution is 0.350. The van der Waals surface area contributed by atoms with Crippen molar-refractivity contribution in [3.05, 3.63) is 60.0 Å². The molecular formula is C13H14N6O. The first-order valence-corrected chi connectivity index (χ1v) is 6.25. The van der Waals surface area contributed by atoms with Gasteiger partial charge in [-0.25, -0.2) is 4.98 Å². The maximum Gasteiger partial charge on any atom is 0.243 e. The molecule has 0 aliphatic rings. The highest BCUT2D eigenvalue weighted by molar-refractivity contribution is 5.14. The van der Waals surface area contributed by atoms with Crippen molar-refractivity contribution >= 4 is 0 Å². The molecule has 20 heavy (non-hydrogen) atoms. The Morgan fingerprint density at radius 3 is 3.00 bits per heavy atom. The number of H-pyrrole nitrogens is 1. The molecule has 0 saturated carbocycles. The third kappa shape index (κ3) is 2.89. The van der Waals surface area contributed by atoms with E-state index in [0.29, 0.717) is 24.6 Å². The molecule has 3 rings (SSSR count). The highest BCUT2D eigenvalue weighted by Crippen LogP contribution is 2.14. The fraction of sp³-hybridized carbons (Fsp3) is 0.231. The zero-order valence-corrected chi connectivity index (χ0v) is 10.7. The molecule has 0 aliphatic carbocycles. The molecule has 3 aromatic rings. The van der Waals surface area contributed by atoms with Gasteiger partial charge in [-0.05, 0) is 11.6 Å². The molecular weight excluding hydrogens is 256 g/mol. The summed E-state index contributed by atoms with van der Waals surface area (Å²) >= 11 is 0.